The second kappa shape index (κ2) is 5.49. The number of aromatic nitrogens is 3. The van der Waals surface area contributed by atoms with E-state index in [4.69, 9.17) is 0 Å². The van der Waals surface area contributed by atoms with Gasteiger partial charge in [-0.05, 0) is 25.5 Å². The second-order valence-corrected chi connectivity index (χ2v) is 4.68. The number of carbonyl (C=O) groups excluding carboxylic acids is 1. The van der Waals surface area contributed by atoms with Gasteiger partial charge in [-0.25, -0.2) is 0 Å². The molecule has 0 saturated heterocycles. The van der Waals surface area contributed by atoms with E-state index in [1.54, 1.807) is 6.20 Å². The van der Waals surface area contributed by atoms with Crippen molar-refractivity contribution in [2.24, 2.45) is 0 Å². The predicted octanol–water partition coefficient (Wildman–Crippen LogP) is 1.81. The minimum atomic E-state index is -0.0631. The van der Waals surface area contributed by atoms with Gasteiger partial charge in [-0.1, -0.05) is 17.4 Å². The Morgan fingerprint density at radius 3 is 2.94 bits per heavy atom. The molecule has 2 heterocycles. The molecule has 0 spiro atoms. The molecule has 0 fully saturated rings. The van der Waals surface area contributed by atoms with Crippen molar-refractivity contribution in [3.8, 4) is 0 Å². The van der Waals surface area contributed by atoms with Crippen molar-refractivity contribution >= 4 is 22.4 Å². The summed E-state index contributed by atoms with van der Waals surface area (Å²) < 4.78 is 0. The van der Waals surface area contributed by atoms with E-state index in [1.807, 2.05) is 25.1 Å². The Morgan fingerprint density at radius 2 is 2.29 bits per heavy atom. The maximum absolute atomic E-state index is 11.6. The SMILES string of the molecule is Cc1nnc(NC(=O)CCc2ccccn2)s1. The van der Waals surface area contributed by atoms with Gasteiger partial charge in [0, 0.05) is 18.3 Å². The molecule has 2 aromatic rings. The smallest absolute Gasteiger partial charge is 0.226 e. The highest BCUT2D eigenvalue weighted by Crippen LogP contribution is 2.13. The van der Waals surface area contributed by atoms with Crippen LogP contribution in [0.25, 0.3) is 0 Å². The summed E-state index contributed by atoms with van der Waals surface area (Å²) in [6.07, 6.45) is 2.75. The second-order valence-electron chi connectivity index (χ2n) is 3.50. The first-order valence-electron chi connectivity index (χ1n) is 5.24. The fraction of sp³-hybridized carbons (Fsp3) is 0.273. The summed E-state index contributed by atoms with van der Waals surface area (Å²) in [6, 6.07) is 5.67. The third-order valence-corrected chi connectivity index (χ3v) is 2.86. The van der Waals surface area contributed by atoms with E-state index in [2.05, 4.69) is 20.5 Å². The number of aryl methyl sites for hydroxylation is 2. The largest absolute Gasteiger partial charge is 0.301 e. The topological polar surface area (TPSA) is 67.8 Å². The number of nitrogens with zero attached hydrogens (tertiary/aromatic N) is 3. The van der Waals surface area contributed by atoms with E-state index in [9.17, 15) is 4.79 Å². The van der Waals surface area contributed by atoms with Crippen LogP contribution >= 0.6 is 11.3 Å². The molecule has 0 aliphatic carbocycles. The molecule has 0 atom stereocenters. The summed E-state index contributed by atoms with van der Waals surface area (Å²) in [5, 5.41) is 11.8. The molecule has 2 rings (SSSR count). The molecule has 88 valence electrons. The molecule has 0 radical (unpaired) electrons. The number of amides is 1. The molecule has 0 bridgehead atoms. The lowest BCUT2D eigenvalue weighted by Gasteiger charge is -2.00. The molecule has 2 aromatic heterocycles. The van der Waals surface area contributed by atoms with E-state index in [0.717, 1.165) is 10.7 Å². The average Bonchev–Trinajstić information content (AvgIpc) is 2.73. The molecule has 0 aliphatic heterocycles. The monoisotopic (exact) mass is 248 g/mol. The zero-order valence-corrected chi connectivity index (χ0v) is 10.2. The third kappa shape index (κ3) is 3.60. The quantitative estimate of drug-likeness (QED) is 0.896. The Balaban J connectivity index is 1.82. The van der Waals surface area contributed by atoms with E-state index >= 15 is 0 Å². The van der Waals surface area contributed by atoms with Gasteiger partial charge >= 0.3 is 0 Å². The highest BCUT2D eigenvalue weighted by Gasteiger charge is 2.06. The molecule has 1 N–H and O–H groups in total. The van der Waals surface area contributed by atoms with E-state index in [1.165, 1.54) is 11.3 Å². The molecule has 5 nitrogen and oxygen atoms in total. The summed E-state index contributed by atoms with van der Waals surface area (Å²) in [7, 11) is 0. The molecule has 0 unspecified atom stereocenters. The first-order valence-corrected chi connectivity index (χ1v) is 6.05. The van der Waals surface area contributed by atoms with Gasteiger partial charge in [0.05, 0.1) is 0 Å². The van der Waals surface area contributed by atoms with Crippen LogP contribution in [0.5, 0.6) is 0 Å². The molecule has 6 heteroatoms. The third-order valence-electron chi connectivity index (χ3n) is 2.11. The van der Waals surface area contributed by atoms with Crippen LogP contribution in [0.15, 0.2) is 24.4 Å². The van der Waals surface area contributed by atoms with Crippen molar-refractivity contribution < 1.29 is 4.79 Å². The fourth-order valence-electron chi connectivity index (χ4n) is 1.32. The molecular formula is C11H12N4OS. The zero-order valence-electron chi connectivity index (χ0n) is 9.38. The van der Waals surface area contributed by atoms with Crippen molar-refractivity contribution in [2.45, 2.75) is 19.8 Å². The predicted molar refractivity (Wildman–Crippen MR) is 65.8 cm³/mol. The summed E-state index contributed by atoms with van der Waals surface area (Å²) >= 11 is 1.37. The van der Waals surface area contributed by atoms with Crippen molar-refractivity contribution in [3.63, 3.8) is 0 Å². The maximum atomic E-state index is 11.6. The van der Waals surface area contributed by atoms with Crippen LogP contribution in [0.2, 0.25) is 0 Å². The van der Waals surface area contributed by atoms with E-state index < -0.39 is 0 Å². The number of pyridine rings is 1. The van der Waals surface area contributed by atoms with Crippen molar-refractivity contribution in [1.82, 2.24) is 15.2 Å². The molecule has 0 aromatic carbocycles. The summed E-state index contributed by atoms with van der Waals surface area (Å²) in [5.74, 6) is -0.0631. The Labute approximate surface area is 103 Å². The molecular weight excluding hydrogens is 236 g/mol. The van der Waals surface area contributed by atoms with Gasteiger partial charge in [-0.2, -0.15) is 0 Å². The summed E-state index contributed by atoms with van der Waals surface area (Å²) in [6.45, 7) is 1.85. The van der Waals surface area contributed by atoms with Crippen LogP contribution in [0.4, 0.5) is 5.13 Å². The van der Waals surface area contributed by atoms with Crippen LogP contribution in [0.1, 0.15) is 17.1 Å². The molecule has 17 heavy (non-hydrogen) atoms. The van der Waals surface area contributed by atoms with Crippen molar-refractivity contribution in [3.05, 3.63) is 35.1 Å². The molecule has 0 aliphatic rings. The van der Waals surface area contributed by atoms with Crippen molar-refractivity contribution in [1.29, 1.82) is 0 Å². The number of hydrogen-bond acceptors (Lipinski definition) is 5. The van der Waals surface area contributed by atoms with Gasteiger partial charge in [0.25, 0.3) is 0 Å². The van der Waals surface area contributed by atoms with Gasteiger partial charge in [-0.15, -0.1) is 10.2 Å². The first-order chi connectivity index (χ1) is 8.24. The maximum Gasteiger partial charge on any atom is 0.226 e. The fourth-order valence-corrected chi connectivity index (χ4v) is 1.92. The van der Waals surface area contributed by atoms with Gasteiger partial charge < -0.3 is 5.32 Å². The first kappa shape index (κ1) is 11.7. The normalized spacial score (nSPS) is 10.2. The lowest BCUT2D eigenvalue weighted by atomic mass is 10.2. The number of nitrogens with one attached hydrogen (secondary N) is 1. The highest BCUT2D eigenvalue weighted by atomic mass is 32.1. The van der Waals surface area contributed by atoms with Gasteiger partial charge in [0.15, 0.2) is 0 Å². The highest BCUT2D eigenvalue weighted by molar-refractivity contribution is 7.15. The van der Waals surface area contributed by atoms with Gasteiger partial charge in [0.1, 0.15) is 5.01 Å². The average molecular weight is 248 g/mol. The van der Waals surface area contributed by atoms with Crippen LogP contribution in [0.3, 0.4) is 0 Å². The van der Waals surface area contributed by atoms with Crippen LogP contribution in [0, 0.1) is 6.92 Å². The number of rotatable bonds is 4. The van der Waals surface area contributed by atoms with Crippen molar-refractivity contribution in [2.75, 3.05) is 5.32 Å². The molecule has 0 saturated carbocycles. The Hall–Kier alpha value is -1.82. The van der Waals surface area contributed by atoms with Crippen LogP contribution < -0.4 is 5.32 Å². The lowest BCUT2D eigenvalue weighted by molar-refractivity contribution is -0.116. The van der Waals surface area contributed by atoms with E-state index in [0.29, 0.717) is 18.0 Å². The minimum absolute atomic E-state index is 0.0631. The standard InChI is InChI=1S/C11H12N4OS/c1-8-14-15-11(17-8)13-10(16)6-5-9-4-2-3-7-12-9/h2-4,7H,5-6H2,1H3,(H,13,15,16). The summed E-state index contributed by atoms with van der Waals surface area (Å²) in [4.78, 5) is 15.8. The van der Waals surface area contributed by atoms with E-state index in [-0.39, 0.29) is 5.91 Å². The lowest BCUT2D eigenvalue weighted by Crippen LogP contribution is -2.12. The van der Waals surface area contributed by atoms with Gasteiger partial charge in [-0.3, -0.25) is 9.78 Å². The van der Waals surface area contributed by atoms with Crippen LogP contribution in [-0.4, -0.2) is 21.1 Å². The minimum Gasteiger partial charge on any atom is -0.301 e. The summed E-state index contributed by atoms with van der Waals surface area (Å²) in [5.41, 5.74) is 0.913. The zero-order chi connectivity index (χ0) is 12.1. The Morgan fingerprint density at radius 1 is 1.41 bits per heavy atom. The van der Waals surface area contributed by atoms with Crippen LogP contribution in [-0.2, 0) is 11.2 Å². The Bertz CT molecular complexity index is 497. The number of hydrogen-bond donors (Lipinski definition) is 1. The number of carbonyl (C=O) groups is 1. The molecule has 1 amide bonds. The number of anilines is 1. The van der Waals surface area contributed by atoms with Gasteiger partial charge in [0.2, 0.25) is 11.0 Å². The Kier molecular flexibility index (Phi) is 3.77.